The van der Waals surface area contributed by atoms with E-state index in [2.05, 4.69) is 22.6 Å². The van der Waals surface area contributed by atoms with Crippen molar-refractivity contribution in [2.24, 2.45) is 13.0 Å². The minimum atomic E-state index is 0.648. The number of nitrogens with zero attached hydrogens (tertiary/aromatic N) is 3. The molecule has 0 radical (unpaired) electrons. The summed E-state index contributed by atoms with van der Waals surface area (Å²) in [6.07, 6.45) is 1.82. The number of nitrogens with one attached hydrogen (secondary N) is 1. The van der Waals surface area contributed by atoms with E-state index in [4.69, 9.17) is 0 Å². The van der Waals surface area contributed by atoms with Crippen LogP contribution in [0.1, 0.15) is 12.6 Å². The second-order valence-electron chi connectivity index (χ2n) is 3.85. The Morgan fingerprint density at radius 3 is 3.07 bits per heavy atom. The SMILES string of the molecule is CC1CSCC1NCc1cnnn1C. The second-order valence-corrected chi connectivity index (χ2v) is 4.93. The molecule has 4 nitrogen and oxygen atoms in total. The van der Waals surface area contributed by atoms with Crippen molar-refractivity contribution in [3.63, 3.8) is 0 Å². The highest BCUT2D eigenvalue weighted by atomic mass is 32.2. The Hall–Kier alpha value is -0.550. The Kier molecular flexibility index (Phi) is 3.08. The Bertz CT molecular complexity index is 299. The van der Waals surface area contributed by atoms with E-state index in [9.17, 15) is 0 Å². The topological polar surface area (TPSA) is 42.7 Å². The molecule has 2 heterocycles. The highest BCUT2D eigenvalue weighted by molar-refractivity contribution is 7.99. The lowest BCUT2D eigenvalue weighted by Crippen LogP contribution is -2.34. The molecule has 1 aromatic rings. The van der Waals surface area contributed by atoms with E-state index in [-0.39, 0.29) is 0 Å². The minimum Gasteiger partial charge on any atom is -0.307 e. The summed E-state index contributed by atoms with van der Waals surface area (Å²) < 4.78 is 1.82. The van der Waals surface area contributed by atoms with Crippen LogP contribution < -0.4 is 5.32 Å². The number of hydrogen-bond donors (Lipinski definition) is 1. The van der Waals surface area contributed by atoms with Gasteiger partial charge in [-0.2, -0.15) is 11.8 Å². The maximum Gasteiger partial charge on any atom is 0.0738 e. The van der Waals surface area contributed by atoms with Gasteiger partial charge in [0, 0.05) is 25.4 Å². The predicted molar refractivity (Wildman–Crippen MR) is 58.1 cm³/mol. The molecule has 2 rings (SSSR count). The summed E-state index contributed by atoms with van der Waals surface area (Å²) in [6, 6.07) is 0.648. The van der Waals surface area contributed by atoms with E-state index >= 15 is 0 Å². The van der Waals surface area contributed by atoms with Crippen LogP contribution in [0.5, 0.6) is 0 Å². The molecular weight excluding hydrogens is 196 g/mol. The molecule has 0 bridgehead atoms. The van der Waals surface area contributed by atoms with Gasteiger partial charge in [-0.3, -0.25) is 4.68 Å². The van der Waals surface area contributed by atoms with Gasteiger partial charge in [0.25, 0.3) is 0 Å². The molecule has 1 fully saturated rings. The average molecular weight is 212 g/mol. The number of aromatic nitrogens is 3. The van der Waals surface area contributed by atoms with E-state index in [0.717, 1.165) is 18.2 Å². The molecule has 0 saturated carbocycles. The summed E-state index contributed by atoms with van der Waals surface area (Å²) >= 11 is 2.03. The number of aryl methyl sites for hydroxylation is 1. The van der Waals surface area contributed by atoms with Gasteiger partial charge in [-0.15, -0.1) is 5.10 Å². The van der Waals surface area contributed by atoms with Crippen molar-refractivity contribution in [1.29, 1.82) is 0 Å². The Labute approximate surface area is 88.4 Å². The molecular formula is C9H16N4S. The fourth-order valence-electron chi connectivity index (χ4n) is 1.63. The lowest BCUT2D eigenvalue weighted by Gasteiger charge is -2.15. The molecule has 2 atom stereocenters. The number of thioether (sulfide) groups is 1. The monoisotopic (exact) mass is 212 g/mol. The summed E-state index contributed by atoms with van der Waals surface area (Å²) in [6.45, 7) is 3.18. The van der Waals surface area contributed by atoms with E-state index in [1.165, 1.54) is 11.5 Å². The van der Waals surface area contributed by atoms with Crippen LogP contribution in [-0.4, -0.2) is 32.5 Å². The van der Waals surface area contributed by atoms with Gasteiger partial charge >= 0.3 is 0 Å². The summed E-state index contributed by atoms with van der Waals surface area (Å²) in [4.78, 5) is 0. The zero-order valence-electron chi connectivity index (χ0n) is 8.60. The molecule has 0 spiro atoms. The first-order chi connectivity index (χ1) is 6.77. The van der Waals surface area contributed by atoms with Gasteiger partial charge in [0.05, 0.1) is 11.9 Å². The van der Waals surface area contributed by atoms with Crippen molar-refractivity contribution in [2.45, 2.75) is 19.5 Å². The third kappa shape index (κ3) is 2.09. The third-order valence-electron chi connectivity index (χ3n) is 2.72. The number of hydrogen-bond acceptors (Lipinski definition) is 4. The quantitative estimate of drug-likeness (QED) is 0.799. The Morgan fingerprint density at radius 2 is 2.50 bits per heavy atom. The van der Waals surface area contributed by atoms with Crippen LogP contribution in [0.3, 0.4) is 0 Å². The zero-order chi connectivity index (χ0) is 9.97. The van der Waals surface area contributed by atoms with Gasteiger partial charge in [-0.25, -0.2) is 0 Å². The van der Waals surface area contributed by atoms with Gasteiger partial charge in [-0.05, 0) is 11.7 Å². The van der Waals surface area contributed by atoms with Crippen LogP contribution in [-0.2, 0) is 13.6 Å². The second kappa shape index (κ2) is 4.31. The van der Waals surface area contributed by atoms with Crippen molar-refractivity contribution in [3.8, 4) is 0 Å². The first-order valence-electron chi connectivity index (χ1n) is 4.92. The van der Waals surface area contributed by atoms with Crippen molar-refractivity contribution < 1.29 is 0 Å². The van der Waals surface area contributed by atoms with Crippen molar-refractivity contribution in [2.75, 3.05) is 11.5 Å². The average Bonchev–Trinajstić information content (AvgIpc) is 2.72. The summed E-state index contributed by atoms with van der Waals surface area (Å²) in [7, 11) is 1.93. The molecule has 0 amide bonds. The summed E-state index contributed by atoms with van der Waals surface area (Å²) in [5.41, 5.74) is 1.15. The first kappa shape index (κ1) is 9.98. The molecule has 78 valence electrons. The van der Waals surface area contributed by atoms with Crippen molar-refractivity contribution >= 4 is 11.8 Å². The molecule has 2 unspecified atom stereocenters. The smallest absolute Gasteiger partial charge is 0.0738 e. The van der Waals surface area contributed by atoms with Gasteiger partial charge in [0.15, 0.2) is 0 Å². The number of rotatable bonds is 3. The lowest BCUT2D eigenvalue weighted by atomic mass is 10.1. The van der Waals surface area contributed by atoms with Gasteiger partial charge < -0.3 is 5.32 Å². The maximum absolute atomic E-state index is 3.90. The maximum atomic E-state index is 3.90. The van der Waals surface area contributed by atoms with Crippen LogP contribution in [0.2, 0.25) is 0 Å². The molecule has 0 aliphatic carbocycles. The largest absolute Gasteiger partial charge is 0.307 e. The minimum absolute atomic E-state index is 0.648. The molecule has 1 aromatic heterocycles. The van der Waals surface area contributed by atoms with Crippen LogP contribution in [0.4, 0.5) is 0 Å². The fraction of sp³-hybridized carbons (Fsp3) is 0.778. The van der Waals surface area contributed by atoms with Crippen LogP contribution in [0, 0.1) is 5.92 Å². The van der Waals surface area contributed by atoms with E-state index in [1.807, 2.05) is 29.7 Å². The third-order valence-corrected chi connectivity index (χ3v) is 4.07. The Morgan fingerprint density at radius 1 is 1.64 bits per heavy atom. The molecule has 0 aromatic carbocycles. The van der Waals surface area contributed by atoms with E-state index in [1.54, 1.807) is 0 Å². The normalized spacial score (nSPS) is 27.0. The molecule has 1 N–H and O–H groups in total. The molecule has 5 heteroatoms. The first-order valence-corrected chi connectivity index (χ1v) is 6.07. The van der Waals surface area contributed by atoms with Gasteiger partial charge in [0.2, 0.25) is 0 Å². The van der Waals surface area contributed by atoms with E-state index < -0.39 is 0 Å². The summed E-state index contributed by atoms with van der Waals surface area (Å²) in [5, 5.41) is 11.3. The van der Waals surface area contributed by atoms with Crippen LogP contribution >= 0.6 is 11.8 Å². The molecule has 1 saturated heterocycles. The lowest BCUT2D eigenvalue weighted by molar-refractivity contribution is 0.445. The molecule has 14 heavy (non-hydrogen) atoms. The fourth-order valence-corrected chi connectivity index (χ4v) is 3.07. The van der Waals surface area contributed by atoms with Crippen molar-refractivity contribution in [1.82, 2.24) is 20.3 Å². The predicted octanol–water partition coefficient (Wildman–Crippen LogP) is 0.656. The van der Waals surface area contributed by atoms with Crippen molar-refractivity contribution in [3.05, 3.63) is 11.9 Å². The van der Waals surface area contributed by atoms with Crippen LogP contribution in [0.25, 0.3) is 0 Å². The van der Waals surface area contributed by atoms with Gasteiger partial charge in [-0.1, -0.05) is 12.1 Å². The van der Waals surface area contributed by atoms with Crippen LogP contribution in [0.15, 0.2) is 6.20 Å². The highest BCUT2D eigenvalue weighted by Crippen LogP contribution is 2.23. The van der Waals surface area contributed by atoms with Gasteiger partial charge in [0.1, 0.15) is 0 Å². The summed E-state index contributed by atoms with van der Waals surface area (Å²) in [5.74, 6) is 3.29. The zero-order valence-corrected chi connectivity index (χ0v) is 9.42. The molecule has 1 aliphatic heterocycles. The Balaban J connectivity index is 1.85. The standard InChI is InChI=1S/C9H16N4S/c1-7-5-14-6-9(7)10-3-8-4-11-12-13(8)2/h4,7,9-10H,3,5-6H2,1-2H3. The van der Waals surface area contributed by atoms with E-state index in [0.29, 0.717) is 6.04 Å². The highest BCUT2D eigenvalue weighted by Gasteiger charge is 2.23. The molecule has 1 aliphatic rings.